The highest BCUT2D eigenvalue weighted by Crippen LogP contribution is 2.97. The lowest BCUT2D eigenvalue weighted by atomic mass is 9.46. The molecule has 22 heavy (non-hydrogen) atoms. The van der Waals surface area contributed by atoms with E-state index in [4.69, 9.17) is 4.11 Å². The van der Waals surface area contributed by atoms with Gasteiger partial charge in [0, 0.05) is 9.53 Å². The third-order valence-electron chi connectivity index (χ3n) is 7.43. The molecule has 3 saturated carbocycles. The summed E-state index contributed by atoms with van der Waals surface area (Å²) < 4.78 is 25.8. The van der Waals surface area contributed by atoms with Crippen molar-refractivity contribution in [3.05, 3.63) is 71.8 Å². The van der Waals surface area contributed by atoms with Gasteiger partial charge in [-0.25, -0.2) is 0 Å². The molecule has 3 aliphatic rings. The van der Waals surface area contributed by atoms with Crippen molar-refractivity contribution in [2.75, 3.05) is 0 Å². The topological polar surface area (TPSA) is 0 Å². The first-order chi connectivity index (χ1) is 11.9. The number of rotatable bonds is 3. The highest BCUT2D eigenvalue weighted by atomic mass is 15.0. The smallest absolute Gasteiger partial charge is 0.0237 e. The fourth-order valence-corrected chi connectivity index (χ4v) is 6.46. The zero-order valence-electron chi connectivity index (χ0n) is 16.0. The van der Waals surface area contributed by atoms with Crippen LogP contribution in [0, 0.1) is 22.7 Å². The molecule has 112 valence electrons. The van der Waals surface area contributed by atoms with E-state index in [-0.39, 0.29) is 10.8 Å². The van der Waals surface area contributed by atoms with E-state index >= 15 is 0 Å². The van der Waals surface area contributed by atoms with Gasteiger partial charge in [0.15, 0.2) is 0 Å². The molecule has 0 bridgehead atoms. The molecule has 5 atom stereocenters. The summed E-state index contributed by atoms with van der Waals surface area (Å²) in [7, 11) is 0. The zero-order chi connectivity index (χ0) is 17.5. The quantitative estimate of drug-likeness (QED) is 0.726. The van der Waals surface area contributed by atoms with E-state index in [0.29, 0.717) is 18.3 Å². The Kier molecular flexibility index (Phi) is 1.79. The fraction of sp³-hybridized carbons (Fsp3) is 0.455. The third-order valence-corrected chi connectivity index (χ3v) is 7.43. The predicted molar refractivity (Wildman–Crippen MR) is 90.7 cm³/mol. The van der Waals surface area contributed by atoms with Crippen molar-refractivity contribution in [2.45, 2.75) is 38.5 Å². The van der Waals surface area contributed by atoms with Crippen LogP contribution in [0.4, 0.5) is 0 Å². The Hall–Kier alpha value is -1.56. The van der Waals surface area contributed by atoms with Crippen LogP contribution in [0.5, 0.6) is 0 Å². The van der Waals surface area contributed by atoms with E-state index in [2.05, 4.69) is 43.3 Å². The first-order valence-corrected chi connectivity index (χ1v) is 8.51. The Bertz CT molecular complexity index is 812. The van der Waals surface area contributed by atoms with Crippen LogP contribution in [-0.2, 0) is 11.8 Å². The van der Waals surface area contributed by atoms with Gasteiger partial charge in [-0.2, -0.15) is 0 Å². The van der Waals surface area contributed by atoms with E-state index in [1.165, 1.54) is 18.4 Å². The van der Waals surface area contributed by atoms with E-state index < -0.39 is 12.3 Å². The molecule has 0 nitrogen and oxygen atoms in total. The standard InChI is InChI=1S/C22H24/c1-20(15-16-9-5-3-6-10-16)21(2)18-13-14-19(18)22(20,21)17-11-7-4-8-12-17/h3-12,18-19H,13-15H2,1-2H3/i1D3. The van der Waals surface area contributed by atoms with Crippen LogP contribution >= 0.6 is 0 Å². The molecule has 0 aliphatic heterocycles. The molecule has 3 fully saturated rings. The summed E-state index contributed by atoms with van der Waals surface area (Å²) >= 11 is 0. The largest absolute Gasteiger partial charge is 0.0622 e. The van der Waals surface area contributed by atoms with Crippen LogP contribution in [-0.4, -0.2) is 0 Å². The monoisotopic (exact) mass is 291 g/mol. The summed E-state index contributed by atoms with van der Waals surface area (Å²) in [5.41, 5.74) is 1.49. The fourth-order valence-electron chi connectivity index (χ4n) is 6.46. The van der Waals surface area contributed by atoms with Crippen molar-refractivity contribution in [1.82, 2.24) is 0 Å². The number of hydrogen-bond donors (Lipinski definition) is 0. The molecule has 0 amide bonds. The minimum atomic E-state index is -1.95. The van der Waals surface area contributed by atoms with E-state index in [0.717, 1.165) is 5.56 Å². The van der Waals surface area contributed by atoms with Gasteiger partial charge in [0.25, 0.3) is 0 Å². The van der Waals surface area contributed by atoms with Crippen LogP contribution in [0.25, 0.3) is 0 Å². The van der Waals surface area contributed by atoms with Crippen LogP contribution < -0.4 is 0 Å². The molecule has 0 N–H and O–H groups in total. The number of benzene rings is 2. The van der Waals surface area contributed by atoms with Crippen molar-refractivity contribution in [2.24, 2.45) is 22.7 Å². The van der Waals surface area contributed by atoms with Crippen LogP contribution in [0.15, 0.2) is 60.7 Å². The summed E-state index contributed by atoms with van der Waals surface area (Å²) in [6.07, 6.45) is 3.03. The molecule has 0 radical (unpaired) electrons. The molecule has 2 aromatic rings. The molecule has 5 rings (SSSR count). The maximum absolute atomic E-state index is 8.59. The molecule has 0 saturated heterocycles. The zero-order valence-corrected chi connectivity index (χ0v) is 13.0. The number of hydrogen-bond acceptors (Lipinski definition) is 0. The lowest BCUT2D eigenvalue weighted by molar-refractivity contribution is -0.0483. The Balaban J connectivity index is 1.71. The molecule has 0 heterocycles. The molecule has 0 aromatic heterocycles. The summed E-state index contributed by atoms with van der Waals surface area (Å²) in [5, 5.41) is 0. The molecule has 3 aliphatic carbocycles. The van der Waals surface area contributed by atoms with E-state index in [1.807, 2.05) is 24.3 Å². The molecule has 0 heteroatoms. The average Bonchev–Trinajstić information content (AvgIpc) is 2.98. The Labute approximate surface area is 137 Å². The minimum Gasteiger partial charge on any atom is -0.0622 e. The third kappa shape index (κ3) is 1.10. The molecular weight excluding hydrogens is 264 g/mol. The van der Waals surface area contributed by atoms with Gasteiger partial charge < -0.3 is 0 Å². The van der Waals surface area contributed by atoms with Gasteiger partial charge in [-0.1, -0.05) is 74.4 Å². The van der Waals surface area contributed by atoms with Gasteiger partial charge in [-0.3, -0.25) is 0 Å². The first-order valence-electron chi connectivity index (χ1n) is 10.0. The first kappa shape index (κ1) is 10.3. The summed E-state index contributed by atoms with van der Waals surface area (Å²) in [6.45, 7) is 0.320. The van der Waals surface area contributed by atoms with Crippen LogP contribution in [0.1, 0.15) is 41.9 Å². The molecule has 5 unspecified atom stereocenters. The Morgan fingerprint density at radius 2 is 1.59 bits per heavy atom. The average molecular weight is 291 g/mol. The van der Waals surface area contributed by atoms with Gasteiger partial charge in [-0.05, 0) is 53.1 Å². The molecular formula is C22H24. The summed E-state index contributed by atoms with van der Waals surface area (Å²) in [5.74, 6) is 1.13. The molecule has 2 aromatic carbocycles. The van der Waals surface area contributed by atoms with Gasteiger partial charge >= 0.3 is 0 Å². The van der Waals surface area contributed by atoms with Gasteiger partial charge in [0.05, 0.1) is 0 Å². The van der Waals surface area contributed by atoms with Crippen LogP contribution in [0.3, 0.4) is 0 Å². The highest BCUT2D eigenvalue weighted by Gasteiger charge is 2.95. The highest BCUT2D eigenvalue weighted by molar-refractivity contribution is 5.56. The minimum absolute atomic E-state index is 0.106. The van der Waals surface area contributed by atoms with Crippen molar-refractivity contribution >= 4 is 0 Å². The Morgan fingerprint density at radius 1 is 0.955 bits per heavy atom. The van der Waals surface area contributed by atoms with E-state index in [1.54, 1.807) is 0 Å². The maximum atomic E-state index is 8.59. The predicted octanol–water partition coefficient (Wildman–Crippen LogP) is 5.23. The second kappa shape index (κ2) is 3.85. The van der Waals surface area contributed by atoms with Gasteiger partial charge in [0.2, 0.25) is 0 Å². The van der Waals surface area contributed by atoms with Crippen LogP contribution in [0.2, 0.25) is 0 Å². The van der Waals surface area contributed by atoms with Crippen molar-refractivity contribution in [3.8, 4) is 0 Å². The van der Waals surface area contributed by atoms with Crippen molar-refractivity contribution < 1.29 is 4.11 Å². The lowest BCUT2D eigenvalue weighted by Crippen LogP contribution is -2.54. The van der Waals surface area contributed by atoms with Crippen molar-refractivity contribution in [3.63, 3.8) is 0 Å². The summed E-state index contributed by atoms with van der Waals surface area (Å²) in [4.78, 5) is 0. The SMILES string of the molecule is [2H]C([2H])([2H])C1(Cc2ccccc2)C2(C)C3CCC3C21c1ccccc1. The lowest BCUT2D eigenvalue weighted by Gasteiger charge is -2.58. The second-order valence-electron chi connectivity index (χ2n) is 7.73. The normalized spacial score (nSPS) is 46.9. The molecule has 0 spiro atoms. The maximum Gasteiger partial charge on any atom is 0.0237 e. The van der Waals surface area contributed by atoms with E-state index in [9.17, 15) is 0 Å². The Morgan fingerprint density at radius 3 is 2.18 bits per heavy atom. The van der Waals surface area contributed by atoms with Gasteiger partial charge in [0.1, 0.15) is 0 Å². The second-order valence-corrected chi connectivity index (χ2v) is 7.73. The van der Waals surface area contributed by atoms with Gasteiger partial charge in [-0.15, -0.1) is 0 Å². The summed E-state index contributed by atoms with van der Waals surface area (Å²) in [6, 6.07) is 20.8. The van der Waals surface area contributed by atoms with Crippen molar-refractivity contribution in [1.29, 1.82) is 0 Å². The number of fused-ring (bicyclic) bond motifs is 4.